The largest absolute Gasteiger partial charge is 0.304 e. The maximum absolute atomic E-state index is 12.8. The van der Waals surface area contributed by atoms with Crippen LogP contribution in [0.5, 0.6) is 0 Å². The predicted molar refractivity (Wildman–Crippen MR) is 97.5 cm³/mol. The average molecular weight is 386 g/mol. The van der Waals surface area contributed by atoms with Gasteiger partial charge in [-0.15, -0.1) is 11.8 Å². The third kappa shape index (κ3) is 4.16. The molecule has 1 aromatic rings. The van der Waals surface area contributed by atoms with E-state index in [1.54, 1.807) is 6.07 Å². The van der Waals surface area contributed by atoms with Gasteiger partial charge in [0.05, 0.1) is 14.7 Å². The van der Waals surface area contributed by atoms with Gasteiger partial charge in [0.25, 0.3) is 5.69 Å². The smallest absolute Gasteiger partial charge is 0.284 e. The zero-order chi connectivity index (χ0) is 18.0. The predicted octanol–water partition coefficient (Wildman–Crippen LogP) is 2.57. The quantitative estimate of drug-likeness (QED) is 0.572. The van der Waals surface area contributed by atoms with Gasteiger partial charge in [-0.1, -0.05) is 12.8 Å². The Bertz CT molecular complexity index is 740. The van der Waals surface area contributed by atoms with Crippen LogP contribution in [0, 0.1) is 10.1 Å². The van der Waals surface area contributed by atoms with Crippen LogP contribution in [0.3, 0.4) is 0 Å². The lowest BCUT2D eigenvalue weighted by Crippen LogP contribution is -2.47. The SMILES string of the molecule is CN1CCN(S(=O)(=O)c2ccc(SC3CCCC3)c([N+](=O)[O-])c2)CC1. The highest BCUT2D eigenvalue weighted by Crippen LogP contribution is 2.40. The van der Waals surface area contributed by atoms with Crippen molar-refractivity contribution in [3.05, 3.63) is 28.3 Å². The molecule has 1 saturated heterocycles. The van der Waals surface area contributed by atoms with E-state index in [4.69, 9.17) is 0 Å². The van der Waals surface area contributed by atoms with Gasteiger partial charge < -0.3 is 4.90 Å². The first-order valence-corrected chi connectivity index (χ1v) is 10.8. The van der Waals surface area contributed by atoms with Crippen molar-refractivity contribution in [3.63, 3.8) is 0 Å². The molecule has 9 heteroatoms. The number of nitrogens with zero attached hydrogens (tertiary/aromatic N) is 3. The number of sulfonamides is 1. The lowest BCUT2D eigenvalue weighted by atomic mass is 10.3. The van der Waals surface area contributed by atoms with E-state index in [1.807, 2.05) is 7.05 Å². The summed E-state index contributed by atoms with van der Waals surface area (Å²) in [6, 6.07) is 4.34. The number of hydrogen-bond acceptors (Lipinski definition) is 6. The second-order valence-corrected chi connectivity index (χ2v) is 9.90. The van der Waals surface area contributed by atoms with E-state index in [0.717, 1.165) is 25.7 Å². The molecule has 0 aromatic heterocycles. The summed E-state index contributed by atoms with van der Waals surface area (Å²) in [7, 11) is -1.74. The van der Waals surface area contributed by atoms with Crippen LogP contribution in [0.4, 0.5) is 5.69 Å². The molecule has 2 fully saturated rings. The van der Waals surface area contributed by atoms with Crippen molar-refractivity contribution in [1.29, 1.82) is 0 Å². The van der Waals surface area contributed by atoms with Gasteiger partial charge in [0.2, 0.25) is 10.0 Å². The highest BCUT2D eigenvalue weighted by Gasteiger charge is 2.30. The van der Waals surface area contributed by atoms with Crippen LogP contribution < -0.4 is 0 Å². The Morgan fingerprint density at radius 1 is 1.16 bits per heavy atom. The highest BCUT2D eigenvalue weighted by molar-refractivity contribution is 8.00. The van der Waals surface area contributed by atoms with E-state index in [-0.39, 0.29) is 10.6 Å². The van der Waals surface area contributed by atoms with E-state index in [0.29, 0.717) is 36.3 Å². The summed E-state index contributed by atoms with van der Waals surface area (Å²) in [4.78, 5) is 13.6. The fourth-order valence-corrected chi connectivity index (χ4v) is 6.03. The molecule has 1 saturated carbocycles. The van der Waals surface area contributed by atoms with Crippen molar-refractivity contribution in [1.82, 2.24) is 9.21 Å². The standard InChI is InChI=1S/C16H23N3O4S2/c1-17-8-10-18(11-9-17)25(22,23)14-6-7-16(15(12-14)19(20)21)24-13-4-2-3-5-13/h6-7,12-13H,2-5,8-11H2,1H3. The van der Waals surface area contributed by atoms with Crippen LogP contribution in [-0.2, 0) is 10.0 Å². The van der Waals surface area contributed by atoms with Gasteiger partial charge in [-0.05, 0) is 32.0 Å². The van der Waals surface area contributed by atoms with Crippen molar-refractivity contribution >= 4 is 27.5 Å². The van der Waals surface area contributed by atoms with E-state index in [2.05, 4.69) is 4.90 Å². The van der Waals surface area contributed by atoms with Gasteiger partial charge in [-0.3, -0.25) is 10.1 Å². The van der Waals surface area contributed by atoms with Gasteiger partial charge in [-0.2, -0.15) is 4.31 Å². The van der Waals surface area contributed by atoms with Crippen molar-refractivity contribution < 1.29 is 13.3 Å². The molecule has 1 aliphatic carbocycles. The number of benzene rings is 1. The maximum atomic E-state index is 12.8. The summed E-state index contributed by atoms with van der Waals surface area (Å²) in [5.41, 5.74) is -0.105. The first-order valence-electron chi connectivity index (χ1n) is 8.52. The minimum absolute atomic E-state index is 0.0134. The summed E-state index contributed by atoms with van der Waals surface area (Å²) in [5.74, 6) is 0. The Labute approximate surface area is 152 Å². The van der Waals surface area contributed by atoms with Crippen LogP contribution in [0.1, 0.15) is 25.7 Å². The molecule has 0 bridgehead atoms. The van der Waals surface area contributed by atoms with Crippen molar-refractivity contribution in [2.45, 2.75) is 40.7 Å². The molecule has 138 valence electrons. The number of rotatable bonds is 5. The second kappa shape index (κ2) is 7.61. The monoisotopic (exact) mass is 385 g/mol. The number of thioether (sulfide) groups is 1. The molecular weight excluding hydrogens is 362 g/mol. The van der Waals surface area contributed by atoms with Gasteiger partial charge >= 0.3 is 0 Å². The highest BCUT2D eigenvalue weighted by atomic mass is 32.2. The maximum Gasteiger partial charge on any atom is 0.284 e. The zero-order valence-electron chi connectivity index (χ0n) is 14.3. The molecule has 0 radical (unpaired) electrons. The van der Waals surface area contributed by atoms with Crippen LogP contribution in [0.2, 0.25) is 0 Å². The van der Waals surface area contributed by atoms with E-state index >= 15 is 0 Å². The minimum Gasteiger partial charge on any atom is -0.304 e. The van der Waals surface area contributed by atoms with Crippen molar-refractivity contribution in [2.24, 2.45) is 0 Å². The molecule has 0 N–H and O–H groups in total. The molecular formula is C16H23N3O4S2. The molecule has 7 nitrogen and oxygen atoms in total. The number of piperazine rings is 1. The second-order valence-electron chi connectivity index (χ2n) is 6.62. The van der Waals surface area contributed by atoms with Crippen LogP contribution >= 0.6 is 11.8 Å². The van der Waals surface area contributed by atoms with E-state index < -0.39 is 14.9 Å². The molecule has 2 aliphatic rings. The van der Waals surface area contributed by atoms with Crippen molar-refractivity contribution in [2.75, 3.05) is 33.2 Å². The fourth-order valence-electron chi connectivity index (χ4n) is 3.26. The van der Waals surface area contributed by atoms with Crippen LogP contribution in [0.15, 0.2) is 28.0 Å². The summed E-state index contributed by atoms with van der Waals surface area (Å²) < 4.78 is 27.0. The number of nitro benzene ring substituents is 1. The van der Waals surface area contributed by atoms with Gasteiger partial charge in [0.15, 0.2) is 0 Å². The molecule has 1 aromatic carbocycles. The fraction of sp³-hybridized carbons (Fsp3) is 0.625. The summed E-state index contributed by atoms with van der Waals surface area (Å²) in [6.07, 6.45) is 4.43. The van der Waals surface area contributed by atoms with E-state index in [1.165, 1.54) is 28.2 Å². The molecule has 0 unspecified atom stereocenters. The van der Waals surface area contributed by atoms with Crippen molar-refractivity contribution in [3.8, 4) is 0 Å². The first-order chi connectivity index (χ1) is 11.9. The Morgan fingerprint density at radius 2 is 1.80 bits per heavy atom. The van der Waals surface area contributed by atoms with Gasteiger partial charge in [0.1, 0.15) is 0 Å². The third-order valence-electron chi connectivity index (χ3n) is 4.82. The molecule has 1 heterocycles. The van der Waals surface area contributed by atoms with Crippen LogP contribution in [-0.4, -0.2) is 61.0 Å². The summed E-state index contributed by atoms with van der Waals surface area (Å²) in [5, 5.41) is 11.9. The molecule has 0 atom stereocenters. The normalized spacial score (nSPS) is 20.8. The summed E-state index contributed by atoms with van der Waals surface area (Å²) in [6.45, 7) is 2.14. The average Bonchev–Trinajstić information content (AvgIpc) is 3.08. The Morgan fingerprint density at radius 3 is 2.40 bits per heavy atom. The molecule has 0 spiro atoms. The Balaban J connectivity index is 1.86. The molecule has 3 rings (SSSR count). The summed E-state index contributed by atoms with van der Waals surface area (Å²) >= 11 is 1.50. The molecule has 1 aliphatic heterocycles. The minimum atomic E-state index is -3.69. The van der Waals surface area contributed by atoms with E-state index in [9.17, 15) is 18.5 Å². The molecule has 0 amide bonds. The topological polar surface area (TPSA) is 83.8 Å². The molecule has 25 heavy (non-hydrogen) atoms. The Hall–Kier alpha value is -1.16. The lowest BCUT2D eigenvalue weighted by molar-refractivity contribution is -0.388. The number of nitro groups is 1. The zero-order valence-corrected chi connectivity index (χ0v) is 15.9. The number of likely N-dealkylation sites (N-methyl/N-ethyl adjacent to an activating group) is 1. The third-order valence-corrected chi connectivity index (χ3v) is 8.12. The van der Waals surface area contributed by atoms with Crippen LogP contribution in [0.25, 0.3) is 0 Å². The van der Waals surface area contributed by atoms with Gasteiger partial charge in [0, 0.05) is 37.5 Å². The Kier molecular flexibility index (Phi) is 5.67. The lowest BCUT2D eigenvalue weighted by Gasteiger charge is -2.31. The number of hydrogen-bond donors (Lipinski definition) is 0. The van der Waals surface area contributed by atoms with Gasteiger partial charge in [-0.25, -0.2) is 8.42 Å². The first kappa shape index (κ1) is 18.6.